The Hall–Kier alpha value is -1.85. The van der Waals surface area contributed by atoms with Gasteiger partial charge in [-0.3, -0.25) is 4.79 Å². The topological polar surface area (TPSA) is 67.2 Å². The fourth-order valence-electron chi connectivity index (χ4n) is 4.01. The van der Waals surface area contributed by atoms with E-state index < -0.39 is 0 Å². The summed E-state index contributed by atoms with van der Waals surface area (Å²) in [7, 11) is 0. The van der Waals surface area contributed by atoms with Gasteiger partial charge in [-0.15, -0.1) is 0 Å². The summed E-state index contributed by atoms with van der Waals surface area (Å²) in [5, 5.41) is 7.71. The molecule has 2 saturated carbocycles. The fraction of sp³-hybridized carbons (Fsp3) is 0.722. The lowest BCUT2D eigenvalue weighted by atomic mass is 10.2. The van der Waals surface area contributed by atoms with Gasteiger partial charge in [-0.05, 0) is 44.6 Å². The minimum atomic E-state index is -0.0672. The Morgan fingerprint density at radius 3 is 2.67 bits per heavy atom. The van der Waals surface area contributed by atoms with Crippen molar-refractivity contribution in [3.63, 3.8) is 0 Å². The van der Waals surface area contributed by atoms with Crippen LogP contribution in [0.25, 0.3) is 0 Å². The summed E-state index contributed by atoms with van der Waals surface area (Å²) in [5.74, 6) is 0.530. The van der Waals surface area contributed by atoms with Crippen molar-refractivity contribution in [2.24, 2.45) is 0 Å². The van der Waals surface area contributed by atoms with E-state index in [1.165, 1.54) is 25.7 Å². The summed E-state index contributed by atoms with van der Waals surface area (Å²) in [5.41, 5.74) is 0.956. The van der Waals surface area contributed by atoms with Crippen molar-refractivity contribution >= 4 is 6.03 Å². The zero-order chi connectivity index (χ0) is 16.5. The molecule has 3 fully saturated rings. The first-order valence-corrected chi connectivity index (χ1v) is 9.36. The van der Waals surface area contributed by atoms with E-state index in [9.17, 15) is 9.59 Å². The number of aromatic nitrogens is 2. The molecular formula is C18H26N4O2. The van der Waals surface area contributed by atoms with Crippen LogP contribution in [0.4, 0.5) is 4.79 Å². The average molecular weight is 330 g/mol. The van der Waals surface area contributed by atoms with Crippen molar-refractivity contribution in [2.45, 2.75) is 75.9 Å². The molecular weight excluding hydrogens is 304 g/mol. The number of rotatable bonds is 4. The molecule has 6 heteroatoms. The van der Waals surface area contributed by atoms with Gasteiger partial charge in [-0.25, -0.2) is 9.48 Å². The van der Waals surface area contributed by atoms with Crippen molar-refractivity contribution in [1.82, 2.24) is 20.0 Å². The minimum absolute atomic E-state index is 0.0378. The quantitative estimate of drug-likeness (QED) is 0.920. The molecule has 1 unspecified atom stereocenters. The second-order valence-electron chi connectivity index (χ2n) is 7.47. The molecule has 2 heterocycles. The Labute approximate surface area is 142 Å². The maximum Gasteiger partial charge on any atom is 0.317 e. The van der Waals surface area contributed by atoms with E-state index in [0.717, 1.165) is 37.9 Å². The van der Waals surface area contributed by atoms with Gasteiger partial charge >= 0.3 is 6.03 Å². The highest BCUT2D eigenvalue weighted by molar-refractivity contribution is 5.75. The highest BCUT2D eigenvalue weighted by atomic mass is 16.2. The van der Waals surface area contributed by atoms with Gasteiger partial charge in [0.15, 0.2) is 0 Å². The van der Waals surface area contributed by atoms with Gasteiger partial charge in [0.2, 0.25) is 0 Å². The molecule has 0 bridgehead atoms. The number of carbonyl (C=O) groups is 1. The molecule has 1 saturated heterocycles. The van der Waals surface area contributed by atoms with Crippen molar-refractivity contribution in [2.75, 3.05) is 6.54 Å². The molecule has 2 amide bonds. The van der Waals surface area contributed by atoms with Crippen molar-refractivity contribution < 1.29 is 4.79 Å². The summed E-state index contributed by atoms with van der Waals surface area (Å²) >= 11 is 0. The standard InChI is InChI=1S/C18H26N4O2/c23-17-10-9-16(13-7-8-13)20-22(17)12-15-6-3-11-21(15)18(24)19-14-4-1-2-5-14/h9-10,13-15H,1-8,11-12H2,(H,19,24). The summed E-state index contributed by atoms with van der Waals surface area (Å²) in [6.07, 6.45) is 8.89. The SMILES string of the molecule is O=C(NC1CCCC1)N1CCCC1Cn1nc(C2CC2)ccc1=O. The summed E-state index contributed by atoms with van der Waals surface area (Å²) in [6.45, 7) is 1.29. The zero-order valence-corrected chi connectivity index (χ0v) is 14.1. The van der Waals surface area contributed by atoms with Crippen LogP contribution in [0.3, 0.4) is 0 Å². The number of urea groups is 1. The fourth-order valence-corrected chi connectivity index (χ4v) is 4.01. The first-order valence-electron chi connectivity index (χ1n) is 9.36. The van der Waals surface area contributed by atoms with Gasteiger partial charge in [0.25, 0.3) is 5.56 Å². The van der Waals surface area contributed by atoms with Crippen molar-refractivity contribution in [3.05, 3.63) is 28.2 Å². The van der Waals surface area contributed by atoms with E-state index in [1.54, 1.807) is 10.7 Å². The number of likely N-dealkylation sites (tertiary alicyclic amines) is 1. The largest absolute Gasteiger partial charge is 0.335 e. The van der Waals surface area contributed by atoms with E-state index in [1.807, 2.05) is 11.0 Å². The van der Waals surface area contributed by atoms with Gasteiger partial charge in [-0.1, -0.05) is 12.8 Å². The number of hydrogen-bond donors (Lipinski definition) is 1. The molecule has 6 nitrogen and oxygen atoms in total. The van der Waals surface area contributed by atoms with Gasteiger partial charge < -0.3 is 10.2 Å². The van der Waals surface area contributed by atoms with Gasteiger partial charge in [0, 0.05) is 24.6 Å². The van der Waals surface area contributed by atoms with E-state index in [4.69, 9.17) is 0 Å². The first-order chi connectivity index (χ1) is 11.7. The Balaban J connectivity index is 1.44. The van der Waals surface area contributed by atoms with Crippen LogP contribution >= 0.6 is 0 Å². The molecule has 1 aromatic heterocycles. The van der Waals surface area contributed by atoms with Crippen LogP contribution < -0.4 is 10.9 Å². The molecule has 3 aliphatic rings. The predicted molar refractivity (Wildman–Crippen MR) is 91.0 cm³/mol. The molecule has 1 N–H and O–H groups in total. The monoisotopic (exact) mass is 330 g/mol. The molecule has 4 rings (SSSR count). The predicted octanol–water partition coefficient (Wildman–Crippen LogP) is 2.24. The third kappa shape index (κ3) is 3.32. The molecule has 24 heavy (non-hydrogen) atoms. The summed E-state index contributed by atoms with van der Waals surface area (Å²) in [4.78, 5) is 26.6. The highest BCUT2D eigenvalue weighted by Crippen LogP contribution is 2.38. The maximum absolute atomic E-state index is 12.6. The zero-order valence-electron chi connectivity index (χ0n) is 14.1. The summed E-state index contributed by atoms with van der Waals surface area (Å²) in [6, 6.07) is 3.92. The van der Waals surface area contributed by atoms with Crippen molar-refractivity contribution in [3.8, 4) is 0 Å². The smallest absolute Gasteiger partial charge is 0.317 e. The molecule has 1 aliphatic heterocycles. The van der Waals surface area contributed by atoms with Crippen LogP contribution in [0.1, 0.15) is 63.0 Å². The Kier molecular flexibility index (Phi) is 4.29. The van der Waals surface area contributed by atoms with E-state index >= 15 is 0 Å². The minimum Gasteiger partial charge on any atom is -0.335 e. The normalized spacial score (nSPS) is 24.5. The molecule has 1 aromatic rings. The Morgan fingerprint density at radius 1 is 1.12 bits per heavy atom. The third-order valence-electron chi connectivity index (χ3n) is 5.59. The number of nitrogens with zero attached hydrogens (tertiary/aromatic N) is 3. The van der Waals surface area contributed by atoms with Crippen LogP contribution in [-0.2, 0) is 6.54 Å². The molecule has 1 atom stereocenters. The molecule has 2 aliphatic carbocycles. The van der Waals surface area contributed by atoms with E-state index in [2.05, 4.69) is 10.4 Å². The van der Waals surface area contributed by atoms with Crippen LogP contribution in [0.5, 0.6) is 0 Å². The third-order valence-corrected chi connectivity index (χ3v) is 5.59. The highest BCUT2D eigenvalue weighted by Gasteiger charge is 2.32. The summed E-state index contributed by atoms with van der Waals surface area (Å²) < 4.78 is 1.57. The van der Waals surface area contributed by atoms with Crippen LogP contribution in [-0.4, -0.2) is 39.3 Å². The first kappa shape index (κ1) is 15.7. The molecule has 0 spiro atoms. The van der Waals surface area contributed by atoms with E-state index in [-0.39, 0.29) is 17.6 Å². The van der Waals surface area contributed by atoms with Gasteiger partial charge in [0.05, 0.1) is 18.3 Å². The second kappa shape index (κ2) is 6.57. The van der Waals surface area contributed by atoms with Crippen molar-refractivity contribution in [1.29, 1.82) is 0 Å². The number of nitrogens with one attached hydrogen (secondary N) is 1. The van der Waals surface area contributed by atoms with Gasteiger partial charge in [-0.2, -0.15) is 5.10 Å². The number of carbonyl (C=O) groups excluding carboxylic acids is 1. The Bertz CT molecular complexity index is 661. The molecule has 0 aromatic carbocycles. The van der Waals surface area contributed by atoms with Crippen LogP contribution in [0.15, 0.2) is 16.9 Å². The number of hydrogen-bond acceptors (Lipinski definition) is 3. The number of amides is 2. The lowest BCUT2D eigenvalue weighted by Crippen LogP contribution is -2.48. The molecule has 0 radical (unpaired) electrons. The lowest BCUT2D eigenvalue weighted by molar-refractivity contribution is 0.181. The average Bonchev–Trinajstić information content (AvgIpc) is 3.10. The van der Waals surface area contributed by atoms with Crippen LogP contribution in [0.2, 0.25) is 0 Å². The van der Waals surface area contributed by atoms with Gasteiger partial charge in [0.1, 0.15) is 0 Å². The van der Waals surface area contributed by atoms with Crippen LogP contribution in [0, 0.1) is 0 Å². The molecule has 130 valence electrons. The second-order valence-corrected chi connectivity index (χ2v) is 7.47. The Morgan fingerprint density at radius 2 is 1.92 bits per heavy atom. The maximum atomic E-state index is 12.6. The van der Waals surface area contributed by atoms with E-state index in [0.29, 0.717) is 18.5 Å². The lowest BCUT2D eigenvalue weighted by Gasteiger charge is -2.27.